The predicted molar refractivity (Wildman–Crippen MR) is 86.3 cm³/mol. The lowest BCUT2D eigenvalue weighted by atomic mass is 9.98. The Bertz CT molecular complexity index is 402. The van der Waals surface area contributed by atoms with Crippen molar-refractivity contribution in [3.63, 3.8) is 0 Å². The van der Waals surface area contributed by atoms with Crippen molar-refractivity contribution in [2.45, 2.75) is 65.0 Å². The second-order valence-electron chi connectivity index (χ2n) is 6.74. The van der Waals surface area contributed by atoms with E-state index in [0.29, 0.717) is 12.0 Å². The summed E-state index contributed by atoms with van der Waals surface area (Å²) in [7, 11) is 1.79. The SMILES string of the molecule is COCCCC1CCCCN1Cc1cc(CC(C)C)n[nH]1. The zero-order chi connectivity index (χ0) is 15.1. The highest BCUT2D eigenvalue weighted by atomic mass is 16.5. The molecule has 1 aliphatic heterocycles. The number of methoxy groups -OCH3 is 1. The maximum atomic E-state index is 5.19. The number of nitrogens with one attached hydrogen (secondary N) is 1. The molecule has 1 aliphatic rings. The number of likely N-dealkylation sites (tertiary alicyclic amines) is 1. The Labute approximate surface area is 129 Å². The average molecular weight is 293 g/mol. The summed E-state index contributed by atoms with van der Waals surface area (Å²) in [4.78, 5) is 2.63. The minimum absolute atomic E-state index is 0.665. The molecule has 0 bridgehead atoms. The van der Waals surface area contributed by atoms with Crippen LogP contribution in [0.1, 0.15) is 57.3 Å². The number of ether oxygens (including phenoxy) is 1. The molecule has 1 atom stereocenters. The highest BCUT2D eigenvalue weighted by Crippen LogP contribution is 2.23. The molecule has 1 N–H and O–H groups in total. The zero-order valence-electron chi connectivity index (χ0n) is 13.9. The molecule has 0 amide bonds. The molecule has 2 heterocycles. The van der Waals surface area contributed by atoms with Gasteiger partial charge < -0.3 is 4.74 Å². The summed E-state index contributed by atoms with van der Waals surface area (Å²) in [5.41, 5.74) is 2.47. The van der Waals surface area contributed by atoms with E-state index in [-0.39, 0.29) is 0 Å². The number of hydrogen-bond donors (Lipinski definition) is 1. The fourth-order valence-electron chi connectivity index (χ4n) is 3.29. The molecule has 21 heavy (non-hydrogen) atoms. The molecule has 1 saturated heterocycles. The van der Waals surface area contributed by atoms with E-state index in [0.717, 1.165) is 19.6 Å². The molecule has 2 rings (SSSR count). The summed E-state index contributed by atoms with van der Waals surface area (Å²) < 4.78 is 5.19. The third-order valence-corrected chi connectivity index (χ3v) is 4.31. The molecular formula is C17H31N3O. The Morgan fingerprint density at radius 2 is 2.29 bits per heavy atom. The number of hydrogen-bond acceptors (Lipinski definition) is 3. The van der Waals surface area contributed by atoms with E-state index in [9.17, 15) is 0 Å². The van der Waals surface area contributed by atoms with Crippen molar-refractivity contribution in [1.82, 2.24) is 15.1 Å². The number of rotatable bonds is 8. The lowest BCUT2D eigenvalue weighted by molar-refractivity contribution is 0.115. The average Bonchev–Trinajstić information content (AvgIpc) is 2.87. The summed E-state index contributed by atoms with van der Waals surface area (Å²) in [6, 6.07) is 2.96. The molecule has 0 spiro atoms. The molecule has 1 unspecified atom stereocenters. The van der Waals surface area contributed by atoms with Gasteiger partial charge in [-0.25, -0.2) is 0 Å². The number of aromatic nitrogens is 2. The van der Waals surface area contributed by atoms with Crippen molar-refractivity contribution in [3.8, 4) is 0 Å². The van der Waals surface area contributed by atoms with Crippen molar-refractivity contribution >= 4 is 0 Å². The predicted octanol–water partition coefficient (Wildman–Crippen LogP) is 3.39. The van der Waals surface area contributed by atoms with Crippen LogP contribution in [-0.4, -0.2) is 41.4 Å². The highest BCUT2D eigenvalue weighted by Gasteiger charge is 2.22. The van der Waals surface area contributed by atoms with Crippen LogP contribution in [0.25, 0.3) is 0 Å². The van der Waals surface area contributed by atoms with Crippen molar-refractivity contribution < 1.29 is 4.74 Å². The molecule has 1 aromatic rings. The summed E-state index contributed by atoms with van der Waals surface area (Å²) in [5, 5.41) is 7.68. The van der Waals surface area contributed by atoms with E-state index < -0.39 is 0 Å². The highest BCUT2D eigenvalue weighted by molar-refractivity contribution is 5.09. The summed E-state index contributed by atoms with van der Waals surface area (Å²) in [5.74, 6) is 0.665. The van der Waals surface area contributed by atoms with Crippen LogP contribution in [0.15, 0.2) is 6.07 Å². The van der Waals surface area contributed by atoms with Gasteiger partial charge in [-0.15, -0.1) is 0 Å². The van der Waals surface area contributed by atoms with E-state index in [1.165, 1.54) is 50.0 Å². The summed E-state index contributed by atoms with van der Waals surface area (Å²) in [6.07, 6.45) is 7.51. The molecule has 4 heteroatoms. The van der Waals surface area contributed by atoms with E-state index in [4.69, 9.17) is 4.74 Å². The molecule has 120 valence electrons. The monoisotopic (exact) mass is 293 g/mol. The Hall–Kier alpha value is -0.870. The fraction of sp³-hybridized carbons (Fsp3) is 0.824. The van der Waals surface area contributed by atoms with E-state index in [1.807, 2.05) is 0 Å². The van der Waals surface area contributed by atoms with E-state index in [1.54, 1.807) is 7.11 Å². The maximum Gasteiger partial charge on any atom is 0.0628 e. The normalized spacial score (nSPS) is 20.3. The minimum Gasteiger partial charge on any atom is -0.385 e. The molecule has 1 aromatic heterocycles. The zero-order valence-corrected chi connectivity index (χ0v) is 13.9. The molecular weight excluding hydrogens is 262 g/mol. The Kier molecular flexibility index (Phi) is 6.71. The minimum atomic E-state index is 0.665. The van der Waals surface area contributed by atoms with Crippen LogP contribution in [0, 0.1) is 5.92 Å². The number of piperidine rings is 1. The third-order valence-electron chi connectivity index (χ3n) is 4.31. The van der Waals surface area contributed by atoms with Gasteiger partial charge in [-0.3, -0.25) is 10.00 Å². The first-order valence-electron chi connectivity index (χ1n) is 8.45. The fourth-order valence-corrected chi connectivity index (χ4v) is 3.29. The van der Waals surface area contributed by atoms with Gasteiger partial charge in [0.2, 0.25) is 0 Å². The topological polar surface area (TPSA) is 41.1 Å². The lowest BCUT2D eigenvalue weighted by Crippen LogP contribution is -2.39. The lowest BCUT2D eigenvalue weighted by Gasteiger charge is -2.35. The standard InChI is InChI=1S/C17H31N3O/c1-14(2)11-15-12-16(19-18-15)13-20-9-5-4-7-17(20)8-6-10-21-3/h12,14,17H,4-11,13H2,1-3H3,(H,18,19). The number of H-pyrrole nitrogens is 1. The maximum absolute atomic E-state index is 5.19. The van der Waals surface area contributed by atoms with Crippen LogP contribution in [0.4, 0.5) is 0 Å². The van der Waals surface area contributed by atoms with Gasteiger partial charge >= 0.3 is 0 Å². The van der Waals surface area contributed by atoms with Crippen LogP contribution in [0.5, 0.6) is 0 Å². The van der Waals surface area contributed by atoms with Crippen molar-refractivity contribution in [1.29, 1.82) is 0 Å². The number of aromatic amines is 1. The first-order chi connectivity index (χ1) is 10.2. The quantitative estimate of drug-likeness (QED) is 0.747. The third kappa shape index (κ3) is 5.44. The van der Waals surface area contributed by atoms with Gasteiger partial charge in [0.25, 0.3) is 0 Å². The second kappa shape index (κ2) is 8.54. The number of nitrogens with zero attached hydrogens (tertiary/aromatic N) is 2. The van der Waals surface area contributed by atoms with E-state index >= 15 is 0 Å². The van der Waals surface area contributed by atoms with Gasteiger partial charge in [0, 0.05) is 32.0 Å². The van der Waals surface area contributed by atoms with Crippen molar-refractivity contribution in [3.05, 3.63) is 17.5 Å². The summed E-state index contributed by atoms with van der Waals surface area (Å²) >= 11 is 0. The van der Waals surface area contributed by atoms with Crippen molar-refractivity contribution in [2.24, 2.45) is 5.92 Å². The van der Waals surface area contributed by atoms with Gasteiger partial charge in [-0.2, -0.15) is 5.10 Å². The van der Waals surface area contributed by atoms with Gasteiger partial charge in [0.05, 0.1) is 5.69 Å². The smallest absolute Gasteiger partial charge is 0.0628 e. The molecule has 0 radical (unpaired) electrons. The Morgan fingerprint density at radius 1 is 1.43 bits per heavy atom. The van der Waals surface area contributed by atoms with Gasteiger partial charge in [0.15, 0.2) is 0 Å². The van der Waals surface area contributed by atoms with Crippen LogP contribution in [0.3, 0.4) is 0 Å². The van der Waals surface area contributed by atoms with Gasteiger partial charge in [-0.1, -0.05) is 20.3 Å². The van der Waals surface area contributed by atoms with Gasteiger partial charge in [-0.05, 0) is 50.6 Å². The Balaban J connectivity index is 1.87. The molecule has 4 nitrogen and oxygen atoms in total. The first-order valence-corrected chi connectivity index (χ1v) is 8.45. The molecule has 1 fully saturated rings. The first kappa shape index (κ1) is 16.5. The molecule has 0 aromatic carbocycles. The van der Waals surface area contributed by atoms with Crippen LogP contribution in [0.2, 0.25) is 0 Å². The van der Waals surface area contributed by atoms with Crippen LogP contribution >= 0.6 is 0 Å². The largest absolute Gasteiger partial charge is 0.385 e. The van der Waals surface area contributed by atoms with E-state index in [2.05, 4.69) is 35.0 Å². The summed E-state index contributed by atoms with van der Waals surface area (Å²) in [6.45, 7) is 7.60. The molecule has 0 aliphatic carbocycles. The Morgan fingerprint density at radius 3 is 3.05 bits per heavy atom. The van der Waals surface area contributed by atoms with Crippen molar-refractivity contribution in [2.75, 3.05) is 20.3 Å². The molecule has 0 saturated carbocycles. The van der Waals surface area contributed by atoms with Gasteiger partial charge in [0.1, 0.15) is 0 Å². The van der Waals surface area contributed by atoms with Crippen LogP contribution in [-0.2, 0) is 17.7 Å². The van der Waals surface area contributed by atoms with Crippen LogP contribution < -0.4 is 0 Å². The second-order valence-corrected chi connectivity index (χ2v) is 6.74.